The molecular weight excluding hydrogens is 339 g/mol. The summed E-state index contributed by atoms with van der Waals surface area (Å²) in [4.78, 5) is 0. The van der Waals surface area contributed by atoms with E-state index in [1.807, 2.05) is 0 Å². The number of alkyl halides is 9. The van der Waals surface area contributed by atoms with E-state index in [0.29, 0.717) is 6.07 Å². The van der Waals surface area contributed by atoms with Crippen LogP contribution < -0.4 is 0 Å². The van der Waals surface area contributed by atoms with Crippen LogP contribution in [0, 0.1) is 6.92 Å². The highest BCUT2D eigenvalue weighted by molar-refractivity contribution is 5.92. The number of hydrogen-bond donors (Lipinski definition) is 0. The van der Waals surface area contributed by atoms with Gasteiger partial charge in [0.05, 0.1) is 16.7 Å². The standard InChI is InChI=1S/C14H6F9/c1-6-7-4-2-3-5-8(7)10(13(18,19)20)11(14(21,22)23)9(6)12(15,16)17/h2-5H,1H2. The molecule has 0 unspecified atom stereocenters. The van der Waals surface area contributed by atoms with Gasteiger partial charge in [-0.3, -0.25) is 0 Å². The Hall–Kier alpha value is -1.93. The van der Waals surface area contributed by atoms with Gasteiger partial charge in [-0.2, -0.15) is 39.5 Å². The summed E-state index contributed by atoms with van der Waals surface area (Å²) in [5.41, 5.74) is -8.69. The van der Waals surface area contributed by atoms with Gasteiger partial charge in [0.15, 0.2) is 0 Å². The maximum Gasteiger partial charge on any atom is 0.417 e. The molecule has 0 aromatic heterocycles. The van der Waals surface area contributed by atoms with Crippen LogP contribution in [-0.4, -0.2) is 0 Å². The Balaban J connectivity index is 3.20. The molecule has 2 rings (SSSR count). The number of hydrogen-bond acceptors (Lipinski definition) is 0. The van der Waals surface area contributed by atoms with Crippen molar-refractivity contribution < 1.29 is 39.5 Å². The summed E-state index contributed by atoms with van der Waals surface area (Å²) in [6.07, 6.45) is -17.1. The quantitative estimate of drug-likeness (QED) is 0.508. The molecule has 0 aliphatic carbocycles. The molecule has 0 fully saturated rings. The van der Waals surface area contributed by atoms with Crippen molar-refractivity contribution in [2.45, 2.75) is 18.5 Å². The van der Waals surface area contributed by atoms with Gasteiger partial charge in [-0.25, -0.2) is 0 Å². The van der Waals surface area contributed by atoms with Crippen molar-refractivity contribution >= 4 is 10.8 Å². The van der Waals surface area contributed by atoms with Crippen LogP contribution in [0.5, 0.6) is 0 Å². The molecule has 0 aliphatic heterocycles. The molecule has 0 bridgehead atoms. The minimum Gasteiger partial charge on any atom is -0.166 e. The molecule has 0 spiro atoms. The first-order valence-electron chi connectivity index (χ1n) is 5.88. The second kappa shape index (κ2) is 5.04. The summed E-state index contributed by atoms with van der Waals surface area (Å²) in [5.74, 6) is 0. The molecule has 2 aromatic rings. The summed E-state index contributed by atoms with van der Waals surface area (Å²) in [7, 11) is 0. The van der Waals surface area contributed by atoms with E-state index in [4.69, 9.17) is 0 Å². The molecular formula is C14H6F9. The summed E-state index contributed by atoms with van der Waals surface area (Å²) in [6.45, 7) is 2.93. The van der Waals surface area contributed by atoms with Gasteiger partial charge < -0.3 is 0 Å². The van der Waals surface area contributed by atoms with Crippen molar-refractivity contribution in [2.75, 3.05) is 0 Å². The van der Waals surface area contributed by atoms with E-state index in [2.05, 4.69) is 6.92 Å². The third-order valence-electron chi connectivity index (χ3n) is 3.17. The lowest BCUT2D eigenvalue weighted by molar-refractivity contribution is -0.174. The predicted octanol–water partition coefficient (Wildman–Crippen LogP) is 6.08. The summed E-state index contributed by atoms with van der Waals surface area (Å²) in [5, 5.41) is -1.62. The Morgan fingerprint density at radius 1 is 0.565 bits per heavy atom. The number of rotatable bonds is 0. The highest BCUT2D eigenvalue weighted by Gasteiger charge is 2.52. The first kappa shape index (κ1) is 17.4. The fourth-order valence-electron chi connectivity index (χ4n) is 2.40. The molecule has 0 heterocycles. The zero-order valence-corrected chi connectivity index (χ0v) is 10.9. The topological polar surface area (TPSA) is 0 Å². The molecule has 9 heteroatoms. The first-order chi connectivity index (χ1) is 10.3. The maximum absolute atomic E-state index is 13.1. The molecule has 23 heavy (non-hydrogen) atoms. The zero-order chi connectivity index (χ0) is 17.8. The predicted molar refractivity (Wildman–Crippen MR) is 63.4 cm³/mol. The van der Waals surface area contributed by atoms with Crippen LogP contribution in [0.4, 0.5) is 39.5 Å². The molecule has 0 atom stereocenters. The summed E-state index contributed by atoms with van der Waals surface area (Å²) < 4.78 is 118. The van der Waals surface area contributed by atoms with E-state index in [1.165, 1.54) is 0 Å². The Labute approximate surface area is 123 Å². The average molecular weight is 345 g/mol. The van der Waals surface area contributed by atoms with Crippen molar-refractivity contribution in [1.29, 1.82) is 0 Å². The highest BCUT2D eigenvalue weighted by Crippen LogP contribution is 2.51. The Kier molecular flexibility index (Phi) is 3.82. The van der Waals surface area contributed by atoms with Crippen LogP contribution in [0.1, 0.15) is 22.3 Å². The third kappa shape index (κ3) is 2.96. The molecule has 0 aliphatic rings. The van der Waals surface area contributed by atoms with E-state index >= 15 is 0 Å². The van der Waals surface area contributed by atoms with Crippen LogP contribution in [0.3, 0.4) is 0 Å². The van der Waals surface area contributed by atoms with Crippen molar-refractivity contribution in [3.63, 3.8) is 0 Å². The number of benzene rings is 2. The highest BCUT2D eigenvalue weighted by atomic mass is 19.4. The molecule has 0 nitrogen and oxygen atoms in total. The molecule has 2 aromatic carbocycles. The lowest BCUT2D eigenvalue weighted by Gasteiger charge is -2.24. The van der Waals surface area contributed by atoms with Crippen LogP contribution in [0.2, 0.25) is 0 Å². The van der Waals surface area contributed by atoms with Crippen molar-refractivity contribution in [3.05, 3.63) is 53.4 Å². The van der Waals surface area contributed by atoms with Gasteiger partial charge >= 0.3 is 18.5 Å². The maximum atomic E-state index is 13.1. The van der Waals surface area contributed by atoms with Gasteiger partial charge in [-0.05, 0) is 23.3 Å². The molecule has 0 saturated heterocycles. The number of fused-ring (bicyclic) bond motifs is 1. The van der Waals surface area contributed by atoms with Gasteiger partial charge in [-0.15, -0.1) is 0 Å². The molecule has 0 N–H and O–H groups in total. The van der Waals surface area contributed by atoms with Crippen molar-refractivity contribution in [2.24, 2.45) is 0 Å². The van der Waals surface area contributed by atoms with Gasteiger partial charge in [0, 0.05) is 0 Å². The summed E-state index contributed by atoms with van der Waals surface area (Å²) >= 11 is 0. The van der Waals surface area contributed by atoms with Crippen LogP contribution in [0.25, 0.3) is 10.8 Å². The molecule has 1 radical (unpaired) electrons. The Morgan fingerprint density at radius 2 is 0.957 bits per heavy atom. The van der Waals surface area contributed by atoms with E-state index in [0.717, 1.165) is 18.2 Å². The fraction of sp³-hybridized carbons (Fsp3) is 0.214. The van der Waals surface area contributed by atoms with E-state index in [9.17, 15) is 39.5 Å². The lowest BCUT2D eigenvalue weighted by atomic mass is 9.88. The smallest absolute Gasteiger partial charge is 0.166 e. The van der Waals surface area contributed by atoms with E-state index in [-0.39, 0.29) is 0 Å². The second-order valence-electron chi connectivity index (χ2n) is 4.64. The van der Waals surface area contributed by atoms with Gasteiger partial charge in [0.2, 0.25) is 0 Å². The van der Waals surface area contributed by atoms with Gasteiger partial charge in [0.1, 0.15) is 0 Å². The Bertz CT molecular complexity index is 748. The molecule has 125 valence electrons. The Morgan fingerprint density at radius 3 is 1.35 bits per heavy atom. The fourth-order valence-corrected chi connectivity index (χ4v) is 2.40. The minimum atomic E-state index is -5.85. The van der Waals surface area contributed by atoms with Gasteiger partial charge in [0.25, 0.3) is 0 Å². The summed E-state index contributed by atoms with van der Waals surface area (Å²) in [6, 6.07) is 3.67. The zero-order valence-electron chi connectivity index (χ0n) is 10.9. The average Bonchev–Trinajstić information content (AvgIpc) is 2.34. The third-order valence-corrected chi connectivity index (χ3v) is 3.17. The van der Waals surface area contributed by atoms with Crippen molar-refractivity contribution in [3.8, 4) is 0 Å². The van der Waals surface area contributed by atoms with E-state index in [1.54, 1.807) is 0 Å². The van der Waals surface area contributed by atoms with Gasteiger partial charge in [-0.1, -0.05) is 24.3 Å². The number of halogens is 9. The van der Waals surface area contributed by atoms with E-state index < -0.39 is 51.6 Å². The largest absolute Gasteiger partial charge is 0.417 e. The SMILES string of the molecule is [CH2]c1c(C(F)(F)F)c(C(F)(F)F)c(C(F)(F)F)c2ccccc12. The molecule has 0 saturated carbocycles. The first-order valence-corrected chi connectivity index (χ1v) is 5.88. The normalized spacial score (nSPS) is 13.7. The van der Waals surface area contributed by atoms with Crippen LogP contribution >= 0.6 is 0 Å². The molecule has 0 amide bonds. The van der Waals surface area contributed by atoms with Crippen molar-refractivity contribution in [1.82, 2.24) is 0 Å². The monoisotopic (exact) mass is 345 g/mol. The second-order valence-corrected chi connectivity index (χ2v) is 4.64. The van der Waals surface area contributed by atoms with Crippen LogP contribution in [-0.2, 0) is 18.5 Å². The lowest BCUT2D eigenvalue weighted by Crippen LogP contribution is -2.24. The minimum absolute atomic E-state index is 0.639. The van der Waals surface area contributed by atoms with Crippen LogP contribution in [0.15, 0.2) is 24.3 Å².